The van der Waals surface area contributed by atoms with Crippen LogP contribution in [0, 0.1) is 6.54 Å². The minimum absolute atomic E-state index is 0.122. The Kier molecular flexibility index (Phi) is 1.57. The van der Waals surface area contributed by atoms with Crippen molar-refractivity contribution in [1.29, 1.82) is 0 Å². The van der Waals surface area contributed by atoms with Crippen molar-refractivity contribution in [3.8, 4) is 0 Å². The SMILES string of the molecule is O=C1CSC[CH]N1. The summed E-state index contributed by atoms with van der Waals surface area (Å²) < 4.78 is 0. The first-order chi connectivity index (χ1) is 3.39. The van der Waals surface area contributed by atoms with Crippen molar-refractivity contribution >= 4 is 17.7 Å². The van der Waals surface area contributed by atoms with Crippen LogP contribution >= 0.6 is 11.8 Å². The molecule has 1 fully saturated rings. The zero-order chi connectivity index (χ0) is 5.11. The van der Waals surface area contributed by atoms with Crippen LogP contribution in [-0.2, 0) is 4.79 Å². The molecule has 1 aliphatic rings. The first kappa shape index (κ1) is 4.97. The van der Waals surface area contributed by atoms with E-state index in [0.717, 1.165) is 5.75 Å². The van der Waals surface area contributed by atoms with Gasteiger partial charge in [0.2, 0.25) is 5.91 Å². The molecule has 0 aliphatic carbocycles. The van der Waals surface area contributed by atoms with Gasteiger partial charge in [-0.2, -0.15) is 0 Å². The largest absolute Gasteiger partial charge is 0.350 e. The van der Waals surface area contributed by atoms with Crippen molar-refractivity contribution in [3.63, 3.8) is 0 Å². The highest BCUT2D eigenvalue weighted by atomic mass is 32.2. The van der Waals surface area contributed by atoms with E-state index in [1.807, 2.05) is 0 Å². The number of rotatable bonds is 0. The smallest absolute Gasteiger partial charge is 0.230 e. The lowest BCUT2D eigenvalue weighted by Gasteiger charge is -2.08. The van der Waals surface area contributed by atoms with Crippen molar-refractivity contribution < 1.29 is 4.79 Å². The second-order valence-electron chi connectivity index (χ2n) is 1.29. The summed E-state index contributed by atoms with van der Waals surface area (Å²) in [6.07, 6.45) is 0. The van der Waals surface area contributed by atoms with Gasteiger partial charge in [-0.15, -0.1) is 11.8 Å². The molecule has 1 amide bonds. The van der Waals surface area contributed by atoms with E-state index in [0.29, 0.717) is 5.75 Å². The van der Waals surface area contributed by atoms with Gasteiger partial charge >= 0.3 is 0 Å². The van der Waals surface area contributed by atoms with Gasteiger partial charge in [0.05, 0.1) is 12.3 Å². The number of hydrogen-bond donors (Lipinski definition) is 1. The van der Waals surface area contributed by atoms with Gasteiger partial charge in [0.25, 0.3) is 0 Å². The highest BCUT2D eigenvalue weighted by Gasteiger charge is 2.05. The van der Waals surface area contributed by atoms with Gasteiger partial charge in [-0.3, -0.25) is 4.79 Å². The maximum Gasteiger partial charge on any atom is 0.230 e. The van der Waals surface area contributed by atoms with Crippen LogP contribution in [0.3, 0.4) is 0 Å². The molecule has 0 bridgehead atoms. The summed E-state index contributed by atoms with van der Waals surface area (Å²) in [6.45, 7) is 1.77. The van der Waals surface area contributed by atoms with Crippen LogP contribution in [0.2, 0.25) is 0 Å². The van der Waals surface area contributed by atoms with Crippen molar-refractivity contribution in [2.24, 2.45) is 0 Å². The third kappa shape index (κ3) is 1.39. The first-order valence-electron chi connectivity index (χ1n) is 2.08. The van der Waals surface area contributed by atoms with E-state index < -0.39 is 0 Å². The Hall–Kier alpha value is -0.180. The Labute approximate surface area is 46.7 Å². The van der Waals surface area contributed by atoms with E-state index >= 15 is 0 Å². The maximum absolute atomic E-state index is 10.3. The third-order valence-corrected chi connectivity index (χ3v) is 1.57. The summed E-state index contributed by atoms with van der Waals surface area (Å²) in [5.74, 6) is 1.69. The molecule has 1 saturated heterocycles. The molecule has 7 heavy (non-hydrogen) atoms. The van der Waals surface area contributed by atoms with Crippen LogP contribution in [0.1, 0.15) is 0 Å². The fourth-order valence-corrected chi connectivity index (χ4v) is 0.995. The number of carbonyl (C=O) groups is 1. The van der Waals surface area contributed by atoms with Crippen LogP contribution in [0.5, 0.6) is 0 Å². The van der Waals surface area contributed by atoms with Gasteiger partial charge in [-0.25, -0.2) is 0 Å². The van der Waals surface area contributed by atoms with Gasteiger partial charge in [0.15, 0.2) is 0 Å². The van der Waals surface area contributed by atoms with E-state index in [-0.39, 0.29) is 5.91 Å². The number of hydrogen-bond acceptors (Lipinski definition) is 2. The number of carbonyl (C=O) groups excluding carboxylic acids is 1. The molecule has 1 N–H and O–H groups in total. The molecule has 39 valence electrons. The topological polar surface area (TPSA) is 29.1 Å². The average Bonchev–Trinajstić information content (AvgIpc) is 1.69. The van der Waals surface area contributed by atoms with E-state index in [9.17, 15) is 4.79 Å². The summed E-state index contributed by atoms with van der Waals surface area (Å²) in [6, 6.07) is 0. The van der Waals surface area contributed by atoms with Gasteiger partial charge in [-0.05, 0) is 0 Å². The minimum atomic E-state index is 0.122. The van der Waals surface area contributed by atoms with Gasteiger partial charge in [0.1, 0.15) is 0 Å². The molecule has 0 spiro atoms. The predicted molar refractivity (Wildman–Crippen MR) is 29.8 cm³/mol. The number of thioether (sulfide) groups is 1. The quantitative estimate of drug-likeness (QED) is 0.483. The van der Waals surface area contributed by atoms with Crippen LogP contribution in [-0.4, -0.2) is 17.4 Å². The second-order valence-corrected chi connectivity index (χ2v) is 2.32. The molecule has 0 aromatic rings. The molecular weight excluding hydrogens is 110 g/mol. The van der Waals surface area contributed by atoms with Crippen LogP contribution in [0.25, 0.3) is 0 Å². The Morgan fingerprint density at radius 3 is 3.00 bits per heavy atom. The maximum atomic E-state index is 10.3. The summed E-state index contributed by atoms with van der Waals surface area (Å²) in [5, 5.41) is 2.60. The van der Waals surface area contributed by atoms with Crippen molar-refractivity contribution in [2.75, 3.05) is 11.5 Å². The lowest BCUT2D eigenvalue weighted by atomic mass is 10.6. The highest BCUT2D eigenvalue weighted by Crippen LogP contribution is 2.03. The Bertz CT molecular complexity index is 75.8. The number of amides is 1. The molecule has 1 aliphatic heterocycles. The van der Waals surface area contributed by atoms with Crippen LogP contribution in [0.4, 0.5) is 0 Å². The van der Waals surface area contributed by atoms with Crippen molar-refractivity contribution in [1.82, 2.24) is 5.32 Å². The van der Waals surface area contributed by atoms with E-state index in [1.165, 1.54) is 0 Å². The third-order valence-electron chi connectivity index (χ3n) is 0.697. The second kappa shape index (κ2) is 2.21. The molecule has 0 aromatic heterocycles. The van der Waals surface area contributed by atoms with E-state index in [1.54, 1.807) is 18.3 Å². The summed E-state index contributed by atoms with van der Waals surface area (Å²) in [4.78, 5) is 10.3. The highest BCUT2D eigenvalue weighted by molar-refractivity contribution is 8.00. The average molecular weight is 116 g/mol. The van der Waals surface area contributed by atoms with Gasteiger partial charge < -0.3 is 5.32 Å². The normalized spacial score (nSPS) is 21.4. The van der Waals surface area contributed by atoms with E-state index in [2.05, 4.69) is 5.32 Å². The molecule has 3 heteroatoms. The standard InChI is InChI=1S/C4H6NOS/c6-4-3-7-2-1-5-4/h1H,2-3H2,(H,5,6). The van der Waals surface area contributed by atoms with Gasteiger partial charge in [-0.1, -0.05) is 0 Å². The first-order valence-corrected chi connectivity index (χ1v) is 3.24. The van der Waals surface area contributed by atoms with Crippen molar-refractivity contribution in [3.05, 3.63) is 6.54 Å². The predicted octanol–water partition coefficient (Wildman–Crippen LogP) is 0.0112. The molecule has 1 rings (SSSR count). The molecule has 1 heterocycles. The fraction of sp³-hybridized carbons (Fsp3) is 0.500. The lowest BCUT2D eigenvalue weighted by molar-refractivity contribution is -0.118. The molecule has 0 saturated carbocycles. The molecule has 0 unspecified atom stereocenters. The molecule has 2 nitrogen and oxygen atoms in total. The van der Waals surface area contributed by atoms with E-state index in [4.69, 9.17) is 0 Å². The molecular formula is C4H6NOS. The minimum Gasteiger partial charge on any atom is -0.350 e. The van der Waals surface area contributed by atoms with Gasteiger partial charge in [0, 0.05) is 5.75 Å². The van der Waals surface area contributed by atoms with Crippen LogP contribution in [0.15, 0.2) is 0 Å². The zero-order valence-electron chi connectivity index (χ0n) is 3.81. The monoisotopic (exact) mass is 116 g/mol. The number of nitrogens with one attached hydrogen (secondary N) is 1. The Morgan fingerprint density at radius 2 is 2.71 bits per heavy atom. The molecule has 0 aromatic carbocycles. The van der Waals surface area contributed by atoms with Crippen LogP contribution < -0.4 is 5.32 Å². The molecule has 0 atom stereocenters. The summed E-state index contributed by atoms with van der Waals surface area (Å²) >= 11 is 1.64. The Balaban J connectivity index is 2.25. The summed E-state index contributed by atoms with van der Waals surface area (Å²) in [7, 11) is 0. The fourth-order valence-electron chi connectivity index (χ4n) is 0.408. The molecule has 1 radical (unpaired) electrons. The lowest BCUT2D eigenvalue weighted by Crippen LogP contribution is -2.27. The Morgan fingerprint density at radius 1 is 1.86 bits per heavy atom. The van der Waals surface area contributed by atoms with Crippen molar-refractivity contribution in [2.45, 2.75) is 0 Å². The summed E-state index contributed by atoms with van der Waals surface area (Å²) in [5.41, 5.74) is 0. The zero-order valence-corrected chi connectivity index (χ0v) is 4.62.